The number of nitrogens with one attached hydrogen (secondary N) is 1. The first-order valence-corrected chi connectivity index (χ1v) is 6.77. The van der Waals surface area contributed by atoms with Crippen LogP contribution in [0.1, 0.15) is 19.3 Å². The molecule has 19 heavy (non-hydrogen) atoms. The highest BCUT2D eigenvalue weighted by Crippen LogP contribution is 2.37. The van der Waals surface area contributed by atoms with Crippen molar-refractivity contribution in [3.63, 3.8) is 0 Å². The van der Waals surface area contributed by atoms with Crippen molar-refractivity contribution in [1.29, 1.82) is 0 Å². The first kappa shape index (κ1) is 12.5. The lowest BCUT2D eigenvalue weighted by molar-refractivity contribution is -0.0835. The molecular weight excluding hydrogens is 260 g/mol. The van der Waals surface area contributed by atoms with Crippen LogP contribution in [0.25, 0.3) is 11.5 Å². The summed E-state index contributed by atoms with van der Waals surface area (Å²) in [5.74, 6) is 0.772. The second-order valence-corrected chi connectivity index (χ2v) is 5.28. The van der Waals surface area contributed by atoms with Crippen LogP contribution in [0.15, 0.2) is 24.4 Å². The number of rotatable bonds is 4. The number of hydrogen-bond acceptors (Lipinski definition) is 4. The third kappa shape index (κ3) is 2.21. The molecule has 6 heteroatoms. The van der Waals surface area contributed by atoms with Gasteiger partial charge in [0.25, 0.3) is 0 Å². The number of ether oxygens (including phenoxy) is 1. The Balaban J connectivity index is 1.98. The van der Waals surface area contributed by atoms with E-state index in [1.807, 2.05) is 22.8 Å². The molecule has 0 radical (unpaired) electrons. The smallest absolute Gasteiger partial charge is 0.195 e. The minimum absolute atomic E-state index is 0.0916. The van der Waals surface area contributed by atoms with Crippen molar-refractivity contribution in [2.75, 3.05) is 7.11 Å². The van der Waals surface area contributed by atoms with Crippen LogP contribution in [0.3, 0.4) is 0 Å². The van der Waals surface area contributed by atoms with E-state index in [2.05, 4.69) is 15.2 Å². The summed E-state index contributed by atoms with van der Waals surface area (Å²) in [7, 11) is 1.77. The van der Waals surface area contributed by atoms with Gasteiger partial charge in [-0.15, -0.1) is 0 Å². The van der Waals surface area contributed by atoms with Gasteiger partial charge >= 0.3 is 0 Å². The van der Waals surface area contributed by atoms with E-state index in [-0.39, 0.29) is 5.60 Å². The fourth-order valence-corrected chi connectivity index (χ4v) is 2.64. The molecule has 2 aromatic rings. The minimum atomic E-state index is -0.0916. The van der Waals surface area contributed by atoms with Crippen LogP contribution in [0.5, 0.6) is 0 Å². The number of methoxy groups -OCH3 is 1. The van der Waals surface area contributed by atoms with Crippen molar-refractivity contribution in [1.82, 2.24) is 19.7 Å². The zero-order chi connectivity index (χ0) is 13.3. The maximum atomic E-state index is 5.66. The zero-order valence-electron chi connectivity index (χ0n) is 10.8. The van der Waals surface area contributed by atoms with Gasteiger partial charge in [0.15, 0.2) is 10.6 Å². The van der Waals surface area contributed by atoms with Gasteiger partial charge in [0.05, 0.1) is 12.1 Å². The SMILES string of the molecule is COC1(Cn2c(-c3ccccn3)n[nH]c2=S)CCC1. The largest absolute Gasteiger partial charge is 0.376 e. The van der Waals surface area contributed by atoms with Gasteiger partial charge < -0.3 is 4.74 Å². The summed E-state index contributed by atoms with van der Waals surface area (Å²) >= 11 is 5.32. The lowest BCUT2D eigenvalue weighted by atomic mass is 9.80. The molecule has 0 spiro atoms. The highest BCUT2D eigenvalue weighted by molar-refractivity contribution is 7.71. The lowest BCUT2D eigenvalue weighted by Gasteiger charge is -2.40. The van der Waals surface area contributed by atoms with E-state index in [1.165, 1.54) is 6.42 Å². The van der Waals surface area contributed by atoms with E-state index in [4.69, 9.17) is 17.0 Å². The number of aromatic nitrogens is 4. The van der Waals surface area contributed by atoms with Gasteiger partial charge in [-0.1, -0.05) is 6.07 Å². The third-order valence-electron chi connectivity index (χ3n) is 3.80. The van der Waals surface area contributed by atoms with Crippen molar-refractivity contribution in [2.24, 2.45) is 0 Å². The van der Waals surface area contributed by atoms with Crippen molar-refractivity contribution >= 4 is 12.2 Å². The van der Waals surface area contributed by atoms with Crippen LogP contribution >= 0.6 is 12.2 Å². The van der Waals surface area contributed by atoms with Crippen LogP contribution in [0.2, 0.25) is 0 Å². The molecule has 1 aliphatic carbocycles. The summed E-state index contributed by atoms with van der Waals surface area (Å²) in [6.45, 7) is 0.727. The number of H-pyrrole nitrogens is 1. The quantitative estimate of drug-likeness (QED) is 0.872. The van der Waals surface area contributed by atoms with Crippen molar-refractivity contribution < 1.29 is 4.74 Å². The van der Waals surface area contributed by atoms with Crippen molar-refractivity contribution in [2.45, 2.75) is 31.4 Å². The Morgan fingerprint density at radius 2 is 2.32 bits per heavy atom. The predicted octanol–water partition coefficient (Wildman–Crippen LogP) is 2.57. The topological polar surface area (TPSA) is 55.7 Å². The monoisotopic (exact) mass is 276 g/mol. The Morgan fingerprint density at radius 3 is 2.89 bits per heavy atom. The first-order chi connectivity index (χ1) is 9.24. The van der Waals surface area contributed by atoms with Gasteiger partial charge in [0.1, 0.15) is 5.69 Å². The highest BCUT2D eigenvalue weighted by atomic mass is 32.1. The standard InChI is InChI=1S/C13H16N4OS/c1-18-13(6-4-7-13)9-17-11(15-16-12(17)19)10-5-2-3-8-14-10/h2-3,5,8H,4,6-7,9H2,1H3,(H,16,19). The van der Waals surface area contributed by atoms with E-state index < -0.39 is 0 Å². The van der Waals surface area contributed by atoms with Gasteiger partial charge in [-0.25, -0.2) is 0 Å². The summed E-state index contributed by atoms with van der Waals surface area (Å²) in [5.41, 5.74) is 0.728. The normalized spacial score (nSPS) is 17.1. The van der Waals surface area contributed by atoms with Crippen LogP contribution in [-0.4, -0.2) is 32.5 Å². The van der Waals surface area contributed by atoms with Crippen molar-refractivity contribution in [3.05, 3.63) is 29.2 Å². The minimum Gasteiger partial charge on any atom is -0.376 e. The number of hydrogen-bond donors (Lipinski definition) is 1. The van der Waals surface area contributed by atoms with E-state index in [9.17, 15) is 0 Å². The summed E-state index contributed by atoms with van der Waals surface area (Å²) in [6.07, 6.45) is 5.10. The Labute approximate surface area is 116 Å². The molecule has 2 aromatic heterocycles. The van der Waals surface area contributed by atoms with Crippen LogP contribution in [0, 0.1) is 4.77 Å². The van der Waals surface area contributed by atoms with Gasteiger partial charge in [-0.05, 0) is 43.6 Å². The molecule has 100 valence electrons. The molecule has 3 rings (SSSR count). The number of pyridine rings is 1. The maximum Gasteiger partial charge on any atom is 0.195 e. The molecule has 0 saturated heterocycles. The molecular formula is C13H16N4OS. The second kappa shape index (κ2) is 4.86. The molecule has 0 bridgehead atoms. The average molecular weight is 276 g/mol. The summed E-state index contributed by atoms with van der Waals surface area (Å²) in [5, 5.41) is 7.14. The van der Waals surface area contributed by atoms with Crippen LogP contribution < -0.4 is 0 Å². The molecule has 0 aromatic carbocycles. The van der Waals surface area contributed by atoms with Crippen LogP contribution in [0.4, 0.5) is 0 Å². The Kier molecular flexibility index (Phi) is 3.20. The van der Waals surface area contributed by atoms with Gasteiger partial charge in [0.2, 0.25) is 0 Å². The van der Waals surface area contributed by atoms with E-state index in [1.54, 1.807) is 13.3 Å². The molecule has 0 aliphatic heterocycles. The zero-order valence-corrected chi connectivity index (χ0v) is 11.6. The predicted molar refractivity (Wildman–Crippen MR) is 74.2 cm³/mol. The molecule has 0 atom stereocenters. The molecule has 1 fully saturated rings. The molecule has 2 heterocycles. The third-order valence-corrected chi connectivity index (χ3v) is 4.11. The van der Waals surface area contributed by atoms with Crippen LogP contribution in [-0.2, 0) is 11.3 Å². The number of nitrogens with zero attached hydrogens (tertiary/aromatic N) is 3. The Hall–Kier alpha value is -1.53. The van der Waals surface area contributed by atoms with Gasteiger partial charge in [-0.2, -0.15) is 5.10 Å². The lowest BCUT2D eigenvalue weighted by Crippen LogP contribution is -2.43. The van der Waals surface area contributed by atoms with E-state index in [0.29, 0.717) is 4.77 Å². The molecule has 1 saturated carbocycles. The molecule has 5 nitrogen and oxygen atoms in total. The van der Waals surface area contributed by atoms with E-state index >= 15 is 0 Å². The second-order valence-electron chi connectivity index (χ2n) is 4.89. The van der Waals surface area contributed by atoms with Gasteiger partial charge in [0, 0.05) is 13.3 Å². The van der Waals surface area contributed by atoms with Gasteiger partial charge in [-0.3, -0.25) is 14.6 Å². The summed E-state index contributed by atoms with van der Waals surface area (Å²) < 4.78 is 8.26. The molecule has 1 N–H and O–H groups in total. The van der Waals surface area contributed by atoms with Crippen molar-refractivity contribution in [3.8, 4) is 11.5 Å². The fourth-order valence-electron chi connectivity index (χ4n) is 2.44. The van der Waals surface area contributed by atoms with E-state index in [0.717, 1.165) is 30.9 Å². The fraction of sp³-hybridized carbons (Fsp3) is 0.462. The highest BCUT2D eigenvalue weighted by Gasteiger charge is 2.38. The molecule has 0 amide bonds. The summed E-state index contributed by atoms with van der Waals surface area (Å²) in [4.78, 5) is 4.33. The Morgan fingerprint density at radius 1 is 1.47 bits per heavy atom. The summed E-state index contributed by atoms with van der Waals surface area (Å²) in [6, 6.07) is 5.76. The number of aromatic amines is 1. The average Bonchev–Trinajstić information content (AvgIpc) is 2.76. The first-order valence-electron chi connectivity index (χ1n) is 6.36. The maximum absolute atomic E-state index is 5.66. The Bertz CT molecular complexity index is 610. The molecule has 0 unspecified atom stereocenters. The molecule has 1 aliphatic rings.